The van der Waals surface area contributed by atoms with Gasteiger partial charge in [-0.1, -0.05) is 37.6 Å². The van der Waals surface area contributed by atoms with Crippen LogP contribution in [0.1, 0.15) is 49.7 Å². The van der Waals surface area contributed by atoms with Crippen molar-refractivity contribution in [2.75, 3.05) is 6.54 Å². The molecule has 20 heavy (non-hydrogen) atoms. The van der Waals surface area contributed by atoms with Crippen molar-refractivity contribution in [2.24, 2.45) is 5.92 Å². The molecule has 1 aliphatic heterocycles. The van der Waals surface area contributed by atoms with Crippen LogP contribution >= 0.6 is 0 Å². The largest absolute Gasteiger partial charge is 0.462 e. The molecule has 1 heterocycles. The van der Waals surface area contributed by atoms with Gasteiger partial charge in [0.25, 0.3) is 0 Å². The molecule has 3 rings (SSSR count). The first-order valence-corrected chi connectivity index (χ1v) is 7.73. The molecule has 1 saturated carbocycles. The molecule has 2 aliphatic rings. The van der Waals surface area contributed by atoms with Crippen molar-refractivity contribution < 1.29 is 9.53 Å². The van der Waals surface area contributed by atoms with Crippen molar-refractivity contribution in [3.8, 4) is 0 Å². The Hall–Kier alpha value is -1.35. The Morgan fingerprint density at radius 1 is 1.30 bits per heavy atom. The van der Waals surface area contributed by atoms with Crippen LogP contribution in [0.15, 0.2) is 24.3 Å². The number of carbonyl (C=O) groups is 1. The summed E-state index contributed by atoms with van der Waals surface area (Å²) in [4.78, 5) is 12.5. The highest BCUT2D eigenvalue weighted by atomic mass is 16.5. The second-order valence-electron chi connectivity index (χ2n) is 6.21. The van der Waals surface area contributed by atoms with Gasteiger partial charge in [0, 0.05) is 13.1 Å². The summed E-state index contributed by atoms with van der Waals surface area (Å²) in [6.45, 7) is 3.79. The van der Waals surface area contributed by atoms with Crippen molar-refractivity contribution in [3.63, 3.8) is 0 Å². The fourth-order valence-corrected chi connectivity index (χ4v) is 3.44. The second-order valence-corrected chi connectivity index (χ2v) is 6.21. The van der Waals surface area contributed by atoms with E-state index in [-0.39, 0.29) is 18.0 Å². The van der Waals surface area contributed by atoms with E-state index in [1.165, 1.54) is 18.4 Å². The Labute approximate surface area is 120 Å². The smallest absolute Gasteiger partial charge is 0.315 e. The van der Waals surface area contributed by atoms with Gasteiger partial charge in [0.15, 0.2) is 0 Å². The zero-order valence-corrected chi connectivity index (χ0v) is 12.1. The molecule has 0 spiro atoms. The Balaban J connectivity index is 1.69. The second kappa shape index (κ2) is 5.96. The lowest BCUT2D eigenvalue weighted by Gasteiger charge is -2.30. The summed E-state index contributed by atoms with van der Waals surface area (Å²) < 4.78 is 5.78. The molecule has 1 fully saturated rings. The van der Waals surface area contributed by atoms with Crippen LogP contribution in [0.3, 0.4) is 0 Å². The summed E-state index contributed by atoms with van der Waals surface area (Å²) in [5.74, 6) is 0.485. The molecule has 3 unspecified atom stereocenters. The Kier molecular flexibility index (Phi) is 4.06. The predicted molar refractivity (Wildman–Crippen MR) is 78.4 cm³/mol. The summed E-state index contributed by atoms with van der Waals surface area (Å²) in [5, 5.41) is 3.32. The van der Waals surface area contributed by atoms with Gasteiger partial charge in [-0.2, -0.15) is 0 Å². The predicted octanol–water partition coefficient (Wildman–Crippen LogP) is 3.00. The summed E-state index contributed by atoms with van der Waals surface area (Å²) in [5.41, 5.74) is 2.36. The minimum Gasteiger partial charge on any atom is -0.462 e. The summed E-state index contributed by atoms with van der Waals surface area (Å²) >= 11 is 0. The average Bonchev–Trinajstić information content (AvgIpc) is 2.46. The maximum atomic E-state index is 12.5. The maximum Gasteiger partial charge on any atom is 0.315 e. The molecule has 0 bridgehead atoms. The van der Waals surface area contributed by atoms with Gasteiger partial charge in [0.1, 0.15) is 6.10 Å². The molecular weight excluding hydrogens is 250 g/mol. The molecule has 0 aromatic heterocycles. The Morgan fingerprint density at radius 3 is 3.00 bits per heavy atom. The number of benzene rings is 1. The van der Waals surface area contributed by atoms with Gasteiger partial charge in [0.05, 0.1) is 5.92 Å². The third-order valence-corrected chi connectivity index (χ3v) is 4.55. The van der Waals surface area contributed by atoms with Gasteiger partial charge in [-0.3, -0.25) is 4.79 Å². The summed E-state index contributed by atoms with van der Waals surface area (Å²) in [6.07, 6.45) is 4.62. The van der Waals surface area contributed by atoms with Crippen LogP contribution in [-0.2, 0) is 16.1 Å². The highest BCUT2D eigenvalue weighted by molar-refractivity contribution is 5.79. The number of carbonyl (C=O) groups excluding carboxylic acids is 1. The first-order valence-electron chi connectivity index (χ1n) is 7.73. The third-order valence-electron chi connectivity index (χ3n) is 4.55. The summed E-state index contributed by atoms with van der Waals surface area (Å²) in [6, 6.07) is 8.18. The normalized spacial score (nSPS) is 29.6. The minimum atomic E-state index is -0.141. The summed E-state index contributed by atoms with van der Waals surface area (Å²) in [7, 11) is 0. The number of fused-ring (bicyclic) bond motifs is 1. The maximum absolute atomic E-state index is 12.5. The topological polar surface area (TPSA) is 38.3 Å². The number of ether oxygens (including phenoxy) is 1. The number of rotatable bonds is 2. The lowest BCUT2D eigenvalue weighted by molar-refractivity contribution is -0.153. The molecule has 1 N–H and O–H groups in total. The highest BCUT2D eigenvalue weighted by Crippen LogP contribution is 2.29. The van der Waals surface area contributed by atoms with E-state index in [1.54, 1.807) is 0 Å². The fraction of sp³-hybridized carbons (Fsp3) is 0.588. The number of esters is 1. The Bertz CT molecular complexity index is 486. The molecule has 0 radical (unpaired) electrons. The van der Waals surface area contributed by atoms with Crippen LogP contribution in [0.4, 0.5) is 0 Å². The average molecular weight is 273 g/mol. The van der Waals surface area contributed by atoms with Gasteiger partial charge in [-0.05, 0) is 36.3 Å². The first-order chi connectivity index (χ1) is 9.74. The number of hydrogen-bond acceptors (Lipinski definition) is 3. The van der Waals surface area contributed by atoms with Crippen molar-refractivity contribution in [2.45, 2.75) is 51.2 Å². The molecule has 3 atom stereocenters. The van der Waals surface area contributed by atoms with Crippen molar-refractivity contribution in [1.29, 1.82) is 0 Å². The van der Waals surface area contributed by atoms with Gasteiger partial charge in [-0.25, -0.2) is 0 Å². The molecule has 0 amide bonds. The monoisotopic (exact) mass is 273 g/mol. The van der Waals surface area contributed by atoms with E-state index < -0.39 is 0 Å². The first kappa shape index (κ1) is 13.6. The molecule has 108 valence electrons. The van der Waals surface area contributed by atoms with Gasteiger partial charge in [-0.15, -0.1) is 0 Å². The van der Waals surface area contributed by atoms with Gasteiger partial charge in [0.2, 0.25) is 0 Å². The minimum absolute atomic E-state index is 0.0521. The van der Waals surface area contributed by atoms with Crippen LogP contribution < -0.4 is 5.32 Å². The zero-order chi connectivity index (χ0) is 13.9. The van der Waals surface area contributed by atoms with E-state index in [0.29, 0.717) is 12.5 Å². The molecule has 0 saturated heterocycles. The van der Waals surface area contributed by atoms with Crippen molar-refractivity contribution >= 4 is 5.97 Å². The van der Waals surface area contributed by atoms with Crippen molar-refractivity contribution in [3.05, 3.63) is 35.4 Å². The van der Waals surface area contributed by atoms with E-state index in [2.05, 4.69) is 24.4 Å². The van der Waals surface area contributed by atoms with Crippen LogP contribution in [0.25, 0.3) is 0 Å². The zero-order valence-electron chi connectivity index (χ0n) is 12.1. The quantitative estimate of drug-likeness (QED) is 0.842. The van der Waals surface area contributed by atoms with Crippen LogP contribution in [0, 0.1) is 5.92 Å². The molecule has 1 aromatic carbocycles. The van der Waals surface area contributed by atoms with E-state index in [0.717, 1.165) is 24.9 Å². The SMILES string of the molecule is CC1CCCC(OC(=O)C2CNCc3ccccc32)C1. The molecule has 3 nitrogen and oxygen atoms in total. The molecule has 3 heteroatoms. The van der Waals surface area contributed by atoms with Crippen LogP contribution in [0.5, 0.6) is 0 Å². The van der Waals surface area contributed by atoms with E-state index in [1.807, 2.05) is 12.1 Å². The standard InChI is InChI=1S/C17H23NO2/c1-12-5-4-7-14(9-12)20-17(19)16-11-18-10-13-6-2-3-8-15(13)16/h2-3,6,8,12,14,16,18H,4-5,7,9-11H2,1H3. The van der Waals surface area contributed by atoms with Crippen LogP contribution in [-0.4, -0.2) is 18.6 Å². The van der Waals surface area contributed by atoms with E-state index in [9.17, 15) is 4.79 Å². The van der Waals surface area contributed by atoms with Gasteiger partial charge >= 0.3 is 5.97 Å². The lowest BCUT2D eigenvalue weighted by Crippen LogP contribution is -2.36. The Morgan fingerprint density at radius 2 is 2.15 bits per heavy atom. The van der Waals surface area contributed by atoms with Gasteiger partial charge < -0.3 is 10.1 Å². The number of nitrogens with one attached hydrogen (secondary N) is 1. The third kappa shape index (κ3) is 2.88. The van der Waals surface area contributed by atoms with E-state index in [4.69, 9.17) is 4.74 Å². The van der Waals surface area contributed by atoms with Crippen LogP contribution in [0.2, 0.25) is 0 Å². The van der Waals surface area contributed by atoms with Crippen molar-refractivity contribution in [1.82, 2.24) is 5.32 Å². The molecule has 1 aromatic rings. The van der Waals surface area contributed by atoms with E-state index >= 15 is 0 Å². The molecule has 1 aliphatic carbocycles. The highest BCUT2D eigenvalue weighted by Gasteiger charge is 2.30. The number of hydrogen-bond donors (Lipinski definition) is 1. The lowest BCUT2D eigenvalue weighted by atomic mass is 9.88. The molecular formula is C17H23NO2. The fourth-order valence-electron chi connectivity index (χ4n) is 3.44.